The molecule has 1 aromatic heterocycles. The van der Waals surface area contributed by atoms with Gasteiger partial charge in [0.1, 0.15) is 17.4 Å². The van der Waals surface area contributed by atoms with E-state index in [2.05, 4.69) is 22.3 Å². The summed E-state index contributed by atoms with van der Waals surface area (Å²) in [4.78, 5) is 8.53. The molecule has 0 fully saturated rings. The molecular formula is C14H18N4O. The first kappa shape index (κ1) is 13.3. The first-order valence-corrected chi connectivity index (χ1v) is 6.22. The van der Waals surface area contributed by atoms with Crippen LogP contribution in [0.3, 0.4) is 0 Å². The SMILES string of the molecule is CCc1nc(NN)cc(Oc2ccc(C)c(C)c2)n1. The van der Waals surface area contributed by atoms with E-state index in [1.807, 2.05) is 32.0 Å². The van der Waals surface area contributed by atoms with Crippen LogP contribution in [0.15, 0.2) is 24.3 Å². The predicted molar refractivity (Wildman–Crippen MR) is 75.2 cm³/mol. The molecule has 0 unspecified atom stereocenters. The summed E-state index contributed by atoms with van der Waals surface area (Å²) in [5, 5.41) is 0. The van der Waals surface area contributed by atoms with Gasteiger partial charge in [0.05, 0.1) is 0 Å². The van der Waals surface area contributed by atoms with Gasteiger partial charge in [-0.2, -0.15) is 4.98 Å². The summed E-state index contributed by atoms with van der Waals surface area (Å²) in [5.41, 5.74) is 4.93. The number of nitrogens with two attached hydrogens (primary N) is 1. The second-order valence-electron chi connectivity index (χ2n) is 4.35. The fraction of sp³-hybridized carbons (Fsp3) is 0.286. The smallest absolute Gasteiger partial charge is 0.224 e. The van der Waals surface area contributed by atoms with Gasteiger partial charge in [-0.1, -0.05) is 13.0 Å². The molecule has 0 aliphatic rings. The maximum Gasteiger partial charge on any atom is 0.224 e. The number of benzene rings is 1. The lowest BCUT2D eigenvalue weighted by Crippen LogP contribution is -2.10. The molecule has 0 spiro atoms. The maximum absolute atomic E-state index is 5.75. The summed E-state index contributed by atoms with van der Waals surface area (Å²) < 4.78 is 5.75. The number of ether oxygens (including phenoxy) is 1. The molecule has 2 rings (SSSR count). The van der Waals surface area contributed by atoms with Gasteiger partial charge in [0.25, 0.3) is 0 Å². The van der Waals surface area contributed by atoms with Crippen LogP contribution in [0, 0.1) is 13.8 Å². The fourth-order valence-electron chi connectivity index (χ4n) is 1.66. The molecule has 5 nitrogen and oxygen atoms in total. The van der Waals surface area contributed by atoms with Crippen LogP contribution in [0.4, 0.5) is 5.82 Å². The zero-order valence-corrected chi connectivity index (χ0v) is 11.4. The lowest BCUT2D eigenvalue weighted by molar-refractivity contribution is 0.458. The van der Waals surface area contributed by atoms with Crippen molar-refractivity contribution in [1.29, 1.82) is 0 Å². The van der Waals surface area contributed by atoms with Crippen LogP contribution in [0.1, 0.15) is 23.9 Å². The Morgan fingerprint density at radius 2 is 1.95 bits per heavy atom. The molecule has 0 atom stereocenters. The number of hydrazine groups is 1. The molecule has 0 amide bonds. The molecule has 3 N–H and O–H groups in total. The van der Waals surface area contributed by atoms with Crippen molar-refractivity contribution in [3.05, 3.63) is 41.2 Å². The van der Waals surface area contributed by atoms with Gasteiger partial charge in [0, 0.05) is 12.5 Å². The standard InChI is InChI=1S/C14H18N4O/c1-4-12-16-13(18-15)8-14(17-12)19-11-6-5-9(2)10(3)7-11/h5-8H,4,15H2,1-3H3,(H,16,17,18). The van der Waals surface area contributed by atoms with Crippen LogP contribution in [0.5, 0.6) is 11.6 Å². The Labute approximate surface area is 112 Å². The Morgan fingerprint density at radius 3 is 2.58 bits per heavy atom. The maximum atomic E-state index is 5.75. The number of nitrogens with zero attached hydrogens (tertiary/aromatic N) is 2. The molecule has 0 aliphatic heterocycles. The van der Waals surface area contributed by atoms with Crippen molar-refractivity contribution in [3.63, 3.8) is 0 Å². The molecule has 2 aromatic rings. The molecular weight excluding hydrogens is 240 g/mol. The summed E-state index contributed by atoms with van der Waals surface area (Å²) in [5.74, 6) is 7.87. The zero-order chi connectivity index (χ0) is 13.8. The average Bonchev–Trinajstić information content (AvgIpc) is 2.42. The Hall–Kier alpha value is -2.14. The summed E-state index contributed by atoms with van der Waals surface area (Å²) in [6, 6.07) is 7.60. The van der Waals surface area contributed by atoms with Crippen LogP contribution in [0.2, 0.25) is 0 Å². The van der Waals surface area contributed by atoms with Gasteiger partial charge in [-0.25, -0.2) is 10.8 Å². The van der Waals surface area contributed by atoms with E-state index in [0.717, 1.165) is 12.2 Å². The molecule has 0 radical (unpaired) electrons. The highest BCUT2D eigenvalue weighted by Gasteiger charge is 2.05. The zero-order valence-electron chi connectivity index (χ0n) is 11.4. The van der Waals surface area contributed by atoms with Crippen molar-refractivity contribution >= 4 is 5.82 Å². The highest BCUT2D eigenvalue weighted by Crippen LogP contribution is 2.23. The minimum atomic E-state index is 0.489. The van der Waals surface area contributed by atoms with Gasteiger partial charge in [0.2, 0.25) is 5.88 Å². The van der Waals surface area contributed by atoms with Crippen molar-refractivity contribution in [1.82, 2.24) is 9.97 Å². The van der Waals surface area contributed by atoms with Gasteiger partial charge < -0.3 is 10.2 Å². The van der Waals surface area contributed by atoms with E-state index in [-0.39, 0.29) is 0 Å². The third-order valence-corrected chi connectivity index (χ3v) is 2.91. The number of aryl methyl sites for hydroxylation is 3. The van der Waals surface area contributed by atoms with E-state index in [1.54, 1.807) is 6.07 Å². The molecule has 0 aliphatic carbocycles. The monoisotopic (exact) mass is 258 g/mol. The number of nitrogen functional groups attached to an aromatic ring is 1. The highest BCUT2D eigenvalue weighted by molar-refractivity contribution is 5.40. The normalized spacial score (nSPS) is 10.3. The van der Waals surface area contributed by atoms with Crippen molar-refractivity contribution in [2.24, 2.45) is 5.84 Å². The lowest BCUT2D eigenvalue weighted by atomic mass is 10.1. The third-order valence-electron chi connectivity index (χ3n) is 2.91. The van der Waals surface area contributed by atoms with E-state index in [0.29, 0.717) is 17.5 Å². The van der Waals surface area contributed by atoms with E-state index in [9.17, 15) is 0 Å². The molecule has 0 bridgehead atoms. The third kappa shape index (κ3) is 3.20. The molecule has 0 saturated heterocycles. The van der Waals surface area contributed by atoms with E-state index < -0.39 is 0 Å². The highest BCUT2D eigenvalue weighted by atomic mass is 16.5. The Morgan fingerprint density at radius 1 is 1.16 bits per heavy atom. The van der Waals surface area contributed by atoms with E-state index >= 15 is 0 Å². The van der Waals surface area contributed by atoms with E-state index in [4.69, 9.17) is 10.6 Å². The summed E-state index contributed by atoms with van der Waals surface area (Å²) in [6.45, 7) is 6.09. The van der Waals surface area contributed by atoms with E-state index in [1.165, 1.54) is 11.1 Å². The molecule has 19 heavy (non-hydrogen) atoms. The number of nitrogens with one attached hydrogen (secondary N) is 1. The minimum absolute atomic E-state index is 0.489. The van der Waals surface area contributed by atoms with Crippen LogP contribution in [-0.2, 0) is 6.42 Å². The van der Waals surface area contributed by atoms with Crippen molar-refractivity contribution in [2.45, 2.75) is 27.2 Å². The Bertz CT molecular complexity index is 561. The average molecular weight is 258 g/mol. The predicted octanol–water partition coefficient (Wildman–Crippen LogP) is 2.73. The first-order valence-electron chi connectivity index (χ1n) is 6.22. The number of rotatable bonds is 4. The topological polar surface area (TPSA) is 73.1 Å². The van der Waals surface area contributed by atoms with Crippen LogP contribution < -0.4 is 16.0 Å². The van der Waals surface area contributed by atoms with Gasteiger partial charge in [-0.15, -0.1) is 0 Å². The van der Waals surface area contributed by atoms with Crippen LogP contribution in [-0.4, -0.2) is 9.97 Å². The molecule has 5 heteroatoms. The molecule has 1 heterocycles. The summed E-state index contributed by atoms with van der Waals surface area (Å²) >= 11 is 0. The number of aromatic nitrogens is 2. The second-order valence-corrected chi connectivity index (χ2v) is 4.35. The number of hydrogen-bond donors (Lipinski definition) is 2. The molecule has 1 aromatic carbocycles. The number of anilines is 1. The largest absolute Gasteiger partial charge is 0.439 e. The van der Waals surface area contributed by atoms with Gasteiger partial charge >= 0.3 is 0 Å². The summed E-state index contributed by atoms with van der Waals surface area (Å²) in [6.07, 6.45) is 0.721. The van der Waals surface area contributed by atoms with Crippen molar-refractivity contribution in [3.8, 4) is 11.6 Å². The minimum Gasteiger partial charge on any atom is -0.439 e. The van der Waals surface area contributed by atoms with Crippen molar-refractivity contribution in [2.75, 3.05) is 5.43 Å². The van der Waals surface area contributed by atoms with Gasteiger partial charge in [-0.05, 0) is 37.1 Å². The van der Waals surface area contributed by atoms with Crippen molar-refractivity contribution < 1.29 is 4.74 Å². The molecule has 0 saturated carbocycles. The van der Waals surface area contributed by atoms with Gasteiger partial charge in [-0.3, -0.25) is 0 Å². The fourth-order valence-corrected chi connectivity index (χ4v) is 1.66. The summed E-state index contributed by atoms with van der Waals surface area (Å²) in [7, 11) is 0. The number of hydrogen-bond acceptors (Lipinski definition) is 5. The van der Waals surface area contributed by atoms with Crippen LogP contribution >= 0.6 is 0 Å². The second kappa shape index (κ2) is 5.67. The van der Waals surface area contributed by atoms with Gasteiger partial charge in [0.15, 0.2) is 0 Å². The Kier molecular flexibility index (Phi) is 3.97. The lowest BCUT2D eigenvalue weighted by Gasteiger charge is -2.09. The van der Waals surface area contributed by atoms with Crippen LogP contribution in [0.25, 0.3) is 0 Å². The first-order chi connectivity index (χ1) is 9.12. The quantitative estimate of drug-likeness (QED) is 0.651. The molecule has 100 valence electrons. The Balaban J connectivity index is 2.29.